The Balaban J connectivity index is 2.18. The first-order valence-electron chi connectivity index (χ1n) is 6.06. The summed E-state index contributed by atoms with van der Waals surface area (Å²) in [6.45, 7) is 1.55. The van der Waals surface area contributed by atoms with Crippen LogP contribution in [0.4, 0.5) is 0 Å². The van der Waals surface area contributed by atoms with E-state index in [4.69, 9.17) is 5.11 Å². The number of aryl methyl sites for hydroxylation is 1. The van der Waals surface area contributed by atoms with Crippen molar-refractivity contribution in [2.45, 2.75) is 38.7 Å². The van der Waals surface area contributed by atoms with Crippen molar-refractivity contribution in [3.05, 3.63) is 35.9 Å². The van der Waals surface area contributed by atoms with Crippen molar-refractivity contribution in [1.29, 1.82) is 0 Å². The molecule has 94 valence electrons. The molecule has 17 heavy (non-hydrogen) atoms. The van der Waals surface area contributed by atoms with Gasteiger partial charge >= 0.3 is 5.97 Å². The van der Waals surface area contributed by atoms with Crippen LogP contribution in [0.1, 0.15) is 31.7 Å². The zero-order valence-corrected chi connectivity index (χ0v) is 10.2. The summed E-state index contributed by atoms with van der Waals surface area (Å²) in [7, 11) is 0. The van der Waals surface area contributed by atoms with Crippen LogP contribution in [0.5, 0.6) is 0 Å². The number of benzene rings is 1. The number of aliphatic hydroxyl groups is 1. The minimum Gasteiger partial charge on any atom is -0.481 e. The third kappa shape index (κ3) is 5.00. The van der Waals surface area contributed by atoms with Crippen LogP contribution in [-0.2, 0) is 11.2 Å². The Hall–Kier alpha value is -1.35. The van der Waals surface area contributed by atoms with E-state index in [-0.39, 0.29) is 0 Å². The quantitative estimate of drug-likeness (QED) is 0.715. The van der Waals surface area contributed by atoms with E-state index in [9.17, 15) is 9.90 Å². The standard InChI is InChI=1S/C14H20O3/c1-11(14(16)17)13(15)10-6-5-9-12-7-3-2-4-8-12/h2-4,7-8,11,13,15H,5-6,9-10H2,1H3,(H,16,17)/t11-,13+/m0/s1. The minimum absolute atomic E-state index is 0.556. The van der Waals surface area contributed by atoms with Crippen LogP contribution in [0, 0.1) is 5.92 Å². The molecular weight excluding hydrogens is 216 g/mol. The number of aliphatic hydroxyl groups excluding tert-OH is 1. The summed E-state index contributed by atoms with van der Waals surface area (Å²) in [5.41, 5.74) is 1.29. The van der Waals surface area contributed by atoms with Gasteiger partial charge in [0, 0.05) is 0 Å². The van der Waals surface area contributed by atoms with Gasteiger partial charge in [-0.05, 0) is 31.7 Å². The molecule has 2 N–H and O–H groups in total. The van der Waals surface area contributed by atoms with Crippen molar-refractivity contribution >= 4 is 5.97 Å². The lowest BCUT2D eigenvalue weighted by Gasteiger charge is -2.14. The first-order valence-corrected chi connectivity index (χ1v) is 6.06. The number of hydrogen-bond acceptors (Lipinski definition) is 2. The fourth-order valence-corrected chi connectivity index (χ4v) is 1.74. The molecule has 0 amide bonds. The average molecular weight is 236 g/mol. The lowest BCUT2D eigenvalue weighted by atomic mass is 9.98. The van der Waals surface area contributed by atoms with Gasteiger partial charge in [0.2, 0.25) is 0 Å². The molecule has 0 heterocycles. The number of aliphatic carboxylic acids is 1. The van der Waals surface area contributed by atoms with Gasteiger partial charge in [-0.15, -0.1) is 0 Å². The molecule has 1 aromatic rings. The fraction of sp³-hybridized carbons (Fsp3) is 0.500. The van der Waals surface area contributed by atoms with Crippen molar-refractivity contribution in [1.82, 2.24) is 0 Å². The third-order valence-corrected chi connectivity index (χ3v) is 3.02. The van der Waals surface area contributed by atoms with Crippen LogP contribution >= 0.6 is 0 Å². The zero-order chi connectivity index (χ0) is 12.7. The van der Waals surface area contributed by atoms with E-state index in [1.54, 1.807) is 6.92 Å². The molecule has 3 nitrogen and oxygen atoms in total. The molecule has 0 radical (unpaired) electrons. The third-order valence-electron chi connectivity index (χ3n) is 3.02. The molecule has 0 fully saturated rings. The number of carboxylic acids is 1. The van der Waals surface area contributed by atoms with E-state index >= 15 is 0 Å². The van der Waals surface area contributed by atoms with E-state index < -0.39 is 18.0 Å². The van der Waals surface area contributed by atoms with Crippen LogP contribution in [0.2, 0.25) is 0 Å². The fourth-order valence-electron chi connectivity index (χ4n) is 1.74. The molecule has 1 rings (SSSR count). The van der Waals surface area contributed by atoms with E-state index in [1.165, 1.54) is 5.56 Å². The number of hydrogen-bond donors (Lipinski definition) is 2. The highest BCUT2D eigenvalue weighted by atomic mass is 16.4. The lowest BCUT2D eigenvalue weighted by molar-refractivity contribution is -0.144. The van der Waals surface area contributed by atoms with Gasteiger partial charge in [0.05, 0.1) is 12.0 Å². The Morgan fingerprint density at radius 3 is 2.47 bits per heavy atom. The molecular formula is C14H20O3. The zero-order valence-electron chi connectivity index (χ0n) is 10.2. The van der Waals surface area contributed by atoms with Gasteiger partial charge in [0.1, 0.15) is 0 Å². The number of carbonyl (C=O) groups is 1. The van der Waals surface area contributed by atoms with Crippen molar-refractivity contribution in [3.63, 3.8) is 0 Å². The van der Waals surface area contributed by atoms with Crippen LogP contribution in [0.25, 0.3) is 0 Å². The largest absolute Gasteiger partial charge is 0.481 e. The second-order valence-corrected chi connectivity index (χ2v) is 4.43. The smallest absolute Gasteiger partial charge is 0.308 e. The highest BCUT2D eigenvalue weighted by Crippen LogP contribution is 2.13. The lowest BCUT2D eigenvalue weighted by Crippen LogP contribution is -2.25. The molecule has 0 spiro atoms. The molecule has 0 unspecified atom stereocenters. The van der Waals surface area contributed by atoms with Crippen LogP contribution in [0.3, 0.4) is 0 Å². The van der Waals surface area contributed by atoms with Gasteiger partial charge in [-0.25, -0.2) is 0 Å². The molecule has 0 aliphatic heterocycles. The maximum absolute atomic E-state index is 10.6. The van der Waals surface area contributed by atoms with Gasteiger partial charge in [0.25, 0.3) is 0 Å². The first-order chi connectivity index (χ1) is 8.11. The van der Waals surface area contributed by atoms with Gasteiger partial charge in [-0.2, -0.15) is 0 Å². The summed E-state index contributed by atoms with van der Waals surface area (Å²) >= 11 is 0. The van der Waals surface area contributed by atoms with E-state index in [0.29, 0.717) is 6.42 Å². The highest BCUT2D eigenvalue weighted by molar-refractivity contribution is 5.70. The maximum Gasteiger partial charge on any atom is 0.308 e. The molecule has 0 bridgehead atoms. The Kier molecular flexibility index (Phi) is 5.70. The summed E-state index contributed by atoms with van der Waals surface area (Å²) < 4.78 is 0. The van der Waals surface area contributed by atoms with Gasteiger partial charge in [-0.3, -0.25) is 4.79 Å². The maximum atomic E-state index is 10.6. The Labute approximate surface area is 102 Å². The Morgan fingerprint density at radius 2 is 1.88 bits per heavy atom. The predicted molar refractivity (Wildman–Crippen MR) is 66.8 cm³/mol. The summed E-state index contributed by atoms with van der Waals surface area (Å²) in [5, 5.41) is 18.3. The van der Waals surface area contributed by atoms with Crippen molar-refractivity contribution in [2.75, 3.05) is 0 Å². The first kappa shape index (κ1) is 13.7. The SMILES string of the molecule is C[C@H](C(=O)O)[C@H](O)CCCCc1ccccc1. The van der Waals surface area contributed by atoms with Crippen LogP contribution < -0.4 is 0 Å². The molecule has 3 heteroatoms. The van der Waals surface area contributed by atoms with Crippen molar-refractivity contribution in [3.8, 4) is 0 Å². The second-order valence-electron chi connectivity index (χ2n) is 4.43. The average Bonchev–Trinajstić information content (AvgIpc) is 2.34. The van der Waals surface area contributed by atoms with Gasteiger partial charge in [0.15, 0.2) is 0 Å². The van der Waals surface area contributed by atoms with Crippen molar-refractivity contribution < 1.29 is 15.0 Å². The molecule has 0 saturated carbocycles. The second kappa shape index (κ2) is 7.07. The van der Waals surface area contributed by atoms with Gasteiger partial charge in [-0.1, -0.05) is 36.8 Å². The van der Waals surface area contributed by atoms with Crippen molar-refractivity contribution in [2.24, 2.45) is 5.92 Å². The van der Waals surface area contributed by atoms with Gasteiger partial charge < -0.3 is 10.2 Å². The number of carboxylic acid groups (broad SMARTS) is 1. The summed E-state index contributed by atoms with van der Waals surface area (Å²) in [6.07, 6.45) is 2.64. The minimum atomic E-state index is -0.930. The summed E-state index contributed by atoms with van der Waals surface area (Å²) in [5.74, 6) is -1.60. The Morgan fingerprint density at radius 1 is 1.24 bits per heavy atom. The molecule has 0 saturated heterocycles. The normalized spacial score (nSPS) is 14.2. The number of rotatable bonds is 7. The molecule has 0 aliphatic carbocycles. The van der Waals surface area contributed by atoms with Crippen LogP contribution in [0.15, 0.2) is 30.3 Å². The van der Waals surface area contributed by atoms with E-state index in [1.807, 2.05) is 18.2 Å². The number of unbranched alkanes of at least 4 members (excludes halogenated alkanes) is 1. The molecule has 1 aromatic carbocycles. The molecule has 2 atom stereocenters. The molecule has 0 aromatic heterocycles. The Bertz CT molecular complexity index is 335. The predicted octanol–water partition coefficient (Wildman–Crippen LogP) is 2.48. The summed E-state index contributed by atoms with van der Waals surface area (Å²) in [6, 6.07) is 10.2. The monoisotopic (exact) mass is 236 g/mol. The topological polar surface area (TPSA) is 57.5 Å². The summed E-state index contributed by atoms with van der Waals surface area (Å²) in [4.78, 5) is 10.6. The van der Waals surface area contributed by atoms with E-state index in [2.05, 4.69) is 12.1 Å². The molecule has 0 aliphatic rings. The highest BCUT2D eigenvalue weighted by Gasteiger charge is 2.20. The van der Waals surface area contributed by atoms with E-state index in [0.717, 1.165) is 19.3 Å². The van der Waals surface area contributed by atoms with Crippen LogP contribution in [-0.4, -0.2) is 22.3 Å².